The van der Waals surface area contributed by atoms with Crippen LogP contribution in [-0.2, 0) is 16.4 Å². The fourth-order valence-corrected chi connectivity index (χ4v) is 3.79. The molecular formula is C25H28BF4N5O4. The lowest BCUT2D eigenvalue weighted by molar-refractivity contribution is -0.123. The van der Waals surface area contributed by atoms with Crippen molar-refractivity contribution in [2.75, 3.05) is 19.0 Å². The van der Waals surface area contributed by atoms with Gasteiger partial charge < -0.3 is 24.7 Å². The monoisotopic (exact) mass is 549 g/mol. The van der Waals surface area contributed by atoms with Crippen molar-refractivity contribution >= 4 is 30.1 Å². The quantitative estimate of drug-likeness (QED) is 0.340. The molecular weight excluding hydrogens is 521 g/mol. The second-order valence-electron chi connectivity index (χ2n) is 10.0. The van der Waals surface area contributed by atoms with Crippen LogP contribution in [0.4, 0.5) is 29.2 Å². The van der Waals surface area contributed by atoms with Gasteiger partial charge in [-0.15, -0.1) is 5.10 Å². The standard InChI is InChI=1S/C25H28BF4N5O4/c1-23(2)24(3,4)39-26(38-23)15-8-10-18(17(27)12-15)32-22-33-20(34-35(22)5)14-7-9-16(19(11-14)37-6)21(36)31-13-25(28,29)30/h7-12H,13H2,1-6H3,(H,31,36)(H,32,33,34). The molecule has 0 unspecified atom stereocenters. The molecule has 9 nitrogen and oxygen atoms in total. The van der Waals surface area contributed by atoms with Crippen molar-refractivity contribution in [3.63, 3.8) is 0 Å². The van der Waals surface area contributed by atoms with Crippen molar-refractivity contribution in [3.05, 3.63) is 47.8 Å². The molecule has 0 bridgehead atoms. The van der Waals surface area contributed by atoms with Crippen LogP contribution >= 0.6 is 0 Å². The van der Waals surface area contributed by atoms with E-state index in [-0.39, 0.29) is 28.8 Å². The van der Waals surface area contributed by atoms with Gasteiger partial charge in [0.2, 0.25) is 5.95 Å². The van der Waals surface area contributed by atoms with Crippen LogP contribution in [-0.4, -0.2) is 58.8 Å². The predicted octanol–water partition coefficient (Wildman–Crippen LogP) is 3.96. The number of ether oxygens (including phenoxy) is 1. The van der Waals surface area contributed by atoms with Crippen molar-refractivity contribution < 1.29 is 36.4 Å². The van der Waals surface area contributed by atoms with Crippen molar-refractivity contribution in [2.45, 2.75) is 45.1 Å². The highest BCUT2D eigenvalue weighted by Crippen LogP contribution is 2.36. The lowest BCUT2D eigenvalue weighted by Gasteiger charge is -2.32. The molecule has 0 saturated carbocycles. The summed E-state index contributed by atoms with van der Waals surface area (Å²) in [5.74, 6) is -1.01. The van der Waals surface area contributed by atoms with Gasteiger partial charge in [0.15, 0.2) is 5.82 Å². The summed E-state index contributed by atoms with van der Waals surface area (Å²) in [5, 5.41) is 9.02. The molecule has 0 radical (unpaired) electrons. The molecule has 0 aliphatic carbocycles. The topological polar surface area (TPSA) is 99.5 Å². The van der Waals surface area contributed by atoms with Gasteiger partial charge in [0.25, 0.3) is 5.91 Å². The third-order valence-corrected chi connectivity index (χ3v) is 6.68. The summed E-state index contributed by atoms with van der Waals surface area (Å²) in [6.07, 6.45) is -4.55. The third-order valence-electron chi connectivity index (χ3n) is 6.68. The van der Waals surface area contributed by atoms with Crippen LogP contribution in [0, 0.1) is 5.82 Å². The van der Waals surface area contributed by atoms with Gasteiger partial charge in [0.1, 0.15) is 18.1 Å². The molecule has 0 spiro atoms. The van der Waals surface area contributed by atoms with E-state index in [1.54, 1.807) is 19.2 Å². The molecule has 2 heterocycles. The second-order valence-corrected chi connectivity index (χ2v) is 10.0. The Morgan fingerprint density at radius 3 is 2.36 bits per heavy atom. The van der Waals surface area contributed by atoms with Gasteiger partial charge in [0, 0.05) is 12.6 Å². The Labute approximate surface area is 223 Å². The maximum Gasteiger partial charge on any atom is 0.494 e. The van der Waals surface area contributed by atoms with E-state index >= 15 is 4.39 Å². The fourth-order valence-electron chi connectivity index (χ4n) is 3.79. The number of anilines is 2. The van der Waals surface area contributed by atoms with E-state index in [4.69, 9.17) is 14.0 Å². The average Bonchev–Trinajstić information content (AvgIpc) is 3.32. The number of aryl methyl sites for hydroxylation is 1. The maximum atomic E-state index is 15.0. The zero-order chi connectivity index (χ0) is 28.8. The van der Waals surface area contributed by atoms with E-state index in [1.165, 1.54) is 36.1 Å². The molecule has 1 amide bonds. The number of alkyl halides is 3. The number of rotatable bonds is 7. The molecule has 4 rings (SSSR count). The minimum Gasteiger partial charge on any atom is -0.496 e. The minimum atomic E-state index is -4.55. The summed E-state index contributed by atoms with van der Waals surface area (Å²) in [6, 6.07) is 8.79. The van der Waals surface area contributed by atoms with Crippen LogP contribution in [0.15, 0.2) is 36.4 Å². The summed E-state index contributed by atoms with van der Waals surface area (Å²) in [4.78, 5) is 16.6. The Kier molecular flexibility index (Phi) is 7.38. The van der Waals surface area contributed by atoms with Gasteiger partial charge in [-0.1, -0.05) is 12.1 Å². The first-order valence-electron chi connectivity index (χ1n) is 12.0. The molecule has 1 aliphatic rings. The third kappa shape index (κ3) is 6.01. The van der Waals surface area contributed by atoms with E-state index in [0.29, 0.717) is 11.0 Å². The number of amides is 1. The van der Waals surface area contributed by atoms with E-state index in [9.17, 15) is 18.0 Å². The van der Waals surface area contributed by atoms with E-state index in [2.05, 4.69) is 15.4 Å². The highest BCUT2D eigenvalue weighted by Gasteiger charge is 2.51. The molecule has 1 fully saturated rings. The number of hydrogen-bond donors (Lipinski definition) is 2. The molecule has 1 aliphatic heterocycles. The van der Waals surface area contributed by atoms with Crippen LogP contribution in [0.5, 0.6) is 5.75 Å². The summed E-state index contributed by atoms with van der Waals surface area (Å²) in [7, 11) is 2.17. The number of aromatic nitrogens is 3. The van der Waals surface area contributed by atoms with Gasteiger partial charge in [-0.3, -0.25) is 4.79 Å². The lowest BCUT2D eigenvalue weighted by Crippen LogP contribution is -2.41. The van der Waals surface area contributed by atoms with Gasteiger partial charge >= 0.3 is 13.3 Å². The second kappa shape index (κ2) is 10.2. The minimum absolute atomic E-state index is 0.0403. The molecule has 1 saturated heterocycles. The van der Waals surface area contributed by atoms with Crippen molar-refractivity contribution in [2.24, 2.45) is 7.05 Å². The summed E-state index contributed by atoms with van der Waals surface area (Å²) >= 11 is 0. The number of methoxy groups -OCH3 is 1. The van der Waals surface area contributed by atoms with E-state index < -0.39 is 42.8 Å². The van der Waals surface area contributed by atoms with E-state index in [1.807, 2.05) is 33.0 Å². The molecule has 14 heteroatoms. The first-order chi connectivity index (χ1) is 18.1. The van der Waals surface area contributed by atoms with E-state index in [0.717, 1.165) is 0 Å². The number of carbonyl (C=O) groups excluding carboxylic acids is 1. The molecule has 39 heavy (non-hydrogen) atoms. The molecule has 1 aromatic heterocycles. The molecule has 3 aromatic rings. The molecule has 2 N–H and O–H groups in total. The fraction of sp³-hybridized carbons (Fsp3) is 0.400. The number of halogens is 4. The van der Waals surface area contributed by atoms with Crippen LogP contribution in [0.1, 0.15) is 38.1 Å². The highest BCUT2D eigenvalue weighted by atomic mass is 19.4. The van der Waals surface area contributed by atoms with Crippen molar-refractivity contribution in [1.29, 1.82) is 0 Å². The molecule has 0 atom stereocenters. The first kappa shape index (κ1) is 28.4. The Bertz CT molecular complexity index is 1380. The van der Waals surface area contributed by atoms with Gasteiger partial charge in [-0.25, -0.2) is 9.07 Å². The lowest BCUT2D eigenvalue weighted by atomic mass is 9.79. The Balaban J connectivity index is 1.52. The number of nitrogens with zero attached hydrogens (tertiary/aromatic N) is 3. The number of carbonyl (C=O) groups is 1. The van der Waals surface area contributed by atoms with Crippen molar-refractivity contribution in [1.82, 2.24) is 20.1 Å². The smallest absolute Gasteiger partial charge is 0.494 e. The highest BCUT2D eigenvalue weighted by molar-refractivity contribution is 6.62. The Morgan fingerprint density at radius 2 is 1.77 bits per heavy atom. The van der Waals surface area contributed by atoms with Crippen LogP contribution in [0.3, 0.4) is 0 Å². The Hall–Kier alpha value is -3.65. The van der Waals surface area contributed by atoms with Gasteiger partial charge in [-0.2, -0.15) is 18.2 Å². The van der Waals surface area contributed by atoms with Crippen LogP contribution in [0.2, 0.25) is 0 Å². The number of nitrogens with one attached hydrogen (secondary N) is 2. The zero-order valence-corrected chi connectivity index (χ0v) is 22.2. The van der Waals surface area contributed by atoms with Crippen molar-refractivity contribution in [3.8, 4) is 17.1 Å². The maximum absolute atomic E-state index is 15.0. The number of benzene rings is 2. The zero-order valence-electron chi connectivity index (χ0n) is 22.2. The SMILES string of the molecule is COc1cc(-c2nc(Nc3ccc(B4OC(C)(C)C(C)(C)O4)cc3F)n(C)n2)ccc1C(=O)NCC(F)(F)F. The molecule has 208 valence electrons. The number of hydrogen-bond acceptors (Lipinski definition) is 7. The van der Waals surface area contributed by atoms with Gasteiger partial charge in [-0.05, 0) is 57.4 Å². The van der Waals surface area contributed by atoms with Crippen LogP contribution in [0.25, 0.3) is 11.4 Å². The average molecular weight is 549 g/mol. The first-order valence-corrected chi connectivity index (χ1v) is 12.0. The predicted molar refractivity (Wildman–Crippen MR) is 137 cm³/mol. The Morgan fingerprint density at radius 1 is 1.10 bits per heavy atom. The summed E-state index contributed by atoms with van der Waals surface area (Å²) in [6.45, 7) is 6.18. The summed E-state index contributed by atoms with van der Waals surface area (Å²) in [5.41, 5.74) is -0.0985. The van der Waals surface area contributed by atoms with Crippen LogP contribution < -0.4 is 20.8 Å². The largest absolute Gasteiger partial charge is 0.496 e. The van der Waals surface area contributed by atoms with Gasteiger partial charge in [0.05, 0.1) is 29.6 Å². The normalized spacial score (nSPS) is 16.3. The summed E-state index contributed by atoms with van der Waals surface area (Å²) < 4.78 is 71.0. The molecule has 2 aromatic carbocycles.